The van der Waals surface area contributed by atoms with Crippen molar-refractivity contribution < 1.29 is 4.79 Å². The summed E-state index contributed by atoms with van der Waals surface area (Å²) in [7, 11) is 0. The molecule has 0 saturated heterocycles. The molecule has 4 rings (SSSR count). The van der Waals surface area contributed by atoms with E-state index in [4.69, 9.17) is 11.6 Å². The van der Waals surface area contributed by atoms with Gasteiger partial charge in [0.25, 0.3) is 5.91 Å². The molecule has 3 aromatic rings. The van der Waals surface area contributed by atoms with Crippen LogP contribution in [0.4, 0.5) is 11.4 Å². The van der Waals surface area contributed by atoms with Gasteiger partial charge < -0.3 is 5.32 Å². The van der Waals surface area contributed by atoms with E-state index < -0.39 is 0 Å². The summed E-state index contributed by atoms with van der Waals surface area (Å²) in [6.07, 6.45) is -0.263. The van der Waals surface area contributed by atoms with Crippen molar-refractivity contribution in [1.82, 2.24) is 0 Å². The number of nitrogens with zero attached hydrogens (tertiary/aromatic N) is 1. The number of hydrogen-bond donors (Lipinski definition) is 1. The average molecular weight is 363 g/mol. The minimum absolute atomic E-state index is 0.00909. The van der Waals surface area contributed by atoms with Gasteiger partial charge in [-0.2, -0.15) is 0 Å². The molecule has 0 radical (unpaired) electrons. The number of aryl methyl sites for hydroxylation is 2. The molecule has 3 nitrogen and oxygen atoms in total. The SMILES string of the molecule is Cc1ccc(N[C@H]2c3ccccc3C(=O)N2c2ccc(Cl)cc2)c(C)c1. The maximum atomic E-state index is 13.1. The van der Waals surface area contributed by atoms with Crippen LogP contribution in [-0.2, 0) is 0 Å². The van der Waals surface area contributed by atoms with E-state index in [0.717, 1.165) is 28.1 Å². The summed E-state index contributed by atoms with van der Waals surface area (Å²) in [5, 5.41) is 4.21. The Bertz CT molecular complexity index is 982. The zero-order chi connectivity index (χ0) is 18.3. The largest absolute Gasteiger partial charge is 0.361 e. The Morgan fingerprint density at radius 1 is 0.962 bits per heavy atom. The number of halogens is 1. The third kappa shape index (κ3) is 2.85. The molecule has 0 aromatic heterocycles. The van der Waals surface area contributed by atoms with Crippen LogP contribution in [0, 0.1) is 13.8 Å². The van der Waals surface area contributed by atoms with Crippen molar-refractivity contribution in [3.05, 3.63) is 94.0 Å². The lowest BCUT2D eigenvalue weighted by atomic mass is 10.1. The number of amides is 1. The highest BCUT2D eigenvalue weighted by molar-refractivity contribution is 6.30. The molecular weight excluding hydrogens is 344 g/mol. The molecule has 0 spiro atoms. The van der Waals surface area contributed by atoms with Gasteiger partial charge in [-0.25, -0.2) is 0 Å². The molecule has 0 unspecified atom stereocenters. The second-order valence-corrected chi connectivity index (χ2v) is 7.04. The highest BCUT2D eigenvalue weighted by Gasteiger charge is 2.37. The van der Waals surface area contributed by atoms with Gasteiger partial charge in [0.05, 0.1) is 0 Å². The number of rotatable bonds is 3. The van der Waals surface area contributed by atoms with Crippen molar-refractivity contribution in [2.45, 2.75) is 20.0 Å². The standard InChI is InChI=1S/C22H19ClN2O/c1-14-7-12-20(15(2)13-14)24-21-18-5-3-4-6-19(18)22(26)25(21)17-10-8-16(23)9-11-17/h3-13,21,24H,1-2H3/t21-/m1/s1. The van der Waals surface area contributed by atoms with E-state index in [0.29, 0.717) is 5.02 Å². The van der Waals surface area contributed by atoms with Crippen molar-refractivity contribution in [2.24, 2.45) is 0 Å². The first-order valence-corrected chi connectivity index (χ1v) is 8.94. The summed E-state index contributed by atoms with van der Waals surface area (Å²) in [4.78, 5) is 14.9. The summed E-state index contributed by atoms with van der Waals surface area (Å²) in [5.74, 6) is -0.00909. The highest BCUT2D eigenvalue weighted by Crippen LogP contribution is 2.38. The fourth-order valence-electron chi connectivity index (χ4n) is 3.45. The zero-order valence-electron chi connectivity index (χ0n) is 14.7. The van der Waals surface area contributed by atoms with Crippen molar-refractivity contribution in [1.29, 1.82) is 0 Å². The Morgan fingerprint density at radius 3 is 2.42 bits per heavy atom. The van der Waals surface area contributed by atoms with E-state index in [1.165, 1.54) is 5.56 Å². The Morgan fingerprint density at radius 2 is 1.69 bits per heavy atom. The Balaban J connectivity index is 1.79. The summed E-state index contributed by atoms with van der Waals surface area (Å²) < 4.78 is 0. The molecule has 1 aliphatic heterocycles. The van der Waals surface area contributed by atoms with Gasteiger partial charge >= 0.3 is 0 Å². The summed E-state index contributed by atoms with van der Waals surface area (Å²) in [6, 6.07) is 21.4. The smallest absolute Gasteiger partial charge is 0.260 e. The highest BCUT2D eigenvalue weighted by atomic mass is 35.5. The third-order valence-corrected chi connectivity index (χ3v) is 4.99. The molecular formula is C22H19ClN2O. The van der Waals surface area contributed by atoms with Gasteiger partial charge in [-0.1, -0.05) is 47.5 Å². The molecule has 1 N–H and O–H groups in total. The lowest BCUT2D eigenvalue weighted by Gasteiger charge is -2.28. The number of carbonyl (C=O) groups excluding carboxylic acids is 1. The molecule has 4 heteroatoms. The van der Waals surface area contributed by atoms with E-state index in [9.17, 15) is 4.79 Å². The van der Waals surface area contributed by atoms with Crippen molar-refractivity contribution >= 4 is 28.9 Å². The van der Waals surface area contributed by atoms with Crippen LogP contribution >= 0.6 is 11.6 Å². The number of nitrogens with one attached hydrogen (secondary N) is 1. The maximum absolute atomic E-state index is 13.1. The molecule has 1 heterocycles. The van der Waals surface area contributed by atoms with Gasteiger partial charge in [0, 0.05) is 27.5 Å². The minimum Gasteiger partial charge on any atom is -0.361 e. The van der Waals surface area contributed by atoms with Crippen LogP contribution in [0.2, 0.25) is 5.02 Å². The van der Waals surface area contributed by atoms with Gasteiger partial charge in [0.1, 0.15) is 6.17 Å². The van der Waals surface area contributed by atoms with Gasteiger partial charge in [0.15, 0.2) is 0 Å². The fourth-order valence-corrected chi connectivity index (χ4v) is 3.58. The van der Waals surface area contributed by atoms with Crippen LogP contribution < -0.4 is 10.2 Å². The minimum atomic E-state index is -0.263. The lowest BCUT2D eigenvalue weighted by molar-refractivity contribution is 0.0993. The van der Waals surface area contributed by atoms with E-state index in [1.54, 1.807) is 17.0 Å². The van der Waals surface area contributed by atoms with Gasteiger partial charge in [-0.15, -0.1) is 0 Å². The third-order valence-electron chi connectivity index (χ3n) is 4.74. The zero-order valence-corrected chi connectivity index (χ0v) is 15.4. The molecule has 3 aromatic carbocycles. The number of fused-ring (bicyclic) bond motifs is 1. The number of benzene rings is 3. The summed E-state index contributed by atoms with van der Waals surface area (Å²) >= 11 is 6.03. The average Bonchev–Trinajstić information content (AvgIpc) is 2.91. The summed E-state index contributed by atoms with van der Waals surface area (Å²) in [6.45, 7) is 4.15. The first kappa shape index (κ1) is 16.7. The Labute approximate surface area is 158 Å². The van der Waals surface area contributed by atoms with Crippen LogP contribution in [-0.4, -0.2) is 5.91 Å². The first-order chi connectivity index (χ1) is 12.5. The fraction of sp³-hybridized carbons (Fsp3) is 0.136. The van der Waals surface area contributed by atoms with Crippen LogP contribution in [0.5, 0.6) is 0 Å². The number of carbonyl (C=O) groups is 1. The van der Waals surface area contributed by atoms with Gasteiger partial charge in [0.2, 0.25) is 0 Å². The first-order valence-electron chi connectivity index (χ1n) is 8.56. The van der Waals surface area contributed by atoms with Crippen molar-refractivity contribution in [3.63, 3.8) is 0 Å². The lowest BCUT2D eigenvalue weighted by Crippen LogP contribution is -2.32. The van der Waals surface area contributed by atoms with Crippen LogP contribution in [0.15, 0.2) is 66.7 Å². The molecule has 0 saturated carbocycles. The molecule has 130 valence electrons. The van der Waals surface area contributed by atoms with Crippen molar-refractivity contribution in [2.75, 3.05) is 10.2 Å². The molecule has 1 aliphatic rings. The molecule has 26 heavy (non-hydrogen) atoms. The van der Waals surface area contributed by atoms with Gasteiger partial charge in [-0.05, 0) is 55.8 Å². The molecule has 0 aliphatic carbocycles. The van der Waals surface area contributed by atoms with E-state index >= 15 is 0 Å². The second kappa shape index (κ2) is 6.50. The van der Waals surface area contributed by atoms with E-state index in [-0.39, 0.29) is 12.1 Å². The van der Waals surface area contributed by atoms with Gasteiger partial charge in [-0.3, -0.25) is 9.69 Å². The Kier molecular flexibility index (Phi) is 4.17. The van der Waals surface area contributed by atoms with Crippen LogP contribution in [0.25, 0.3) is 0 Å². The quantitative estimate of drug-likeness (QED) is 0.645. The predicted octanol–water partition coefficient (Wildman–Crippen LogP) is 5.73. The molecule has 0 bridgehead atoms. The Hall–Kier alpha value is -2.78. The molecule has 0 fully saturated rings. The monoisotopic (exact) mass is 362 g/mol. The summed E-state index contributed by atoms with van der Waals surface area (Å²) in [5.41, 5.74) is 5.91. The second-order valence-electron chi connectivity index (χ2n) is 6.60. The van der Waals surface area contributed by atoms with Crippen LogP contribution in [0.3, 0.4) is 0 Å². The topological polar surface area (TPSA) is 32.3 Å². The maximum Gasteiger partial charge on any atom is 0.260 e. The molecule has 1 atom stereocenters. The van der Waals surface area contributed by atoms with Crippen molar-refractivity contribution in [3.8, 4) is 0 Å². The van der Waals surface area contributed by atoms with E-state index in [1.807, 2.05) is 36.4 Å². The normalized spacial score (nSPS) is 15.9. The predicted molar refractivity (Wildman–Crippen MR) is 107 cm³/mol. The van der Waals surface area contributed by atoms with E-state index in [2.05, 4.69) is 37.4 Å². The molecule has 1 amide bonds. The number of hydrogen-bond acceptors (Lipinski definition) is 2. The van der Waals surface area contributed by atoms with Crippen LogP contribution in [0.1, 0.15) is 33.2 Å². The number of anilines is 2.